The van der Waals surface area contributed by atoms with E-state index < -0.39 is 28.8 Å². The molecule has 1 aliphatic heterocycles. The lowest BCUT2D eigenvalue weighted by molar-refractivity contribution is -0.194. The average Bonchev–Trinajstić information content (AvgIpc) is 3.20. The third-order valence-corrected chi connectivity index (χ3v) is 11.9. The predicted octanol–water partition coefficient (Wildman–Crippen LogP) is 4.60. The van der Waals surface area contributed by atoms with Gasteiger partial charge in [-0.2, -0.15) is 0 Å². The summed E-state index contributed by atoms with van der Waals surface area (Å²) in [5.41, 5.74) is -2.13. The zero-order valence-corrected chi connectivity index (χ0v) is 23.3. The van der Waals surface area contributed by atoms with Crippen LogP contribution in [0, 0.1) is 46.3 Å². The molecule has 0 amide bonds. The molecule has 0 saturated heterocycles. The van der Waals surface area contributed by atoms with Crippen molar-refractivity contribution < 1.29 is 29.6 Å². The molecule has 0 aromatic heterocycles. The van der Waals surface area contributed by atoms with Crippen LogP contribution in [0.4, 0.5) is 0 Å². The third-order valence-electron chi connectivity index (χ3n) is 11.9. The van der Waals surface area contributed by atoms with Crippen LogP contribution < -0.4 is 0 Å². The summed E-state index contributed by atoms with van der Waals surface area (Å²) in [6.45, 7) is 14.0. The van der Waals surface area contributed by atoms with Gasteiger partial charge in [0.1, 0.15) is 23.1 Å². The summed E-state index contributed by atoms with van der Waals surface area (Å²) in [5, 5.41) is 34.4. The van der Waals surface area contributed by atoms with Crippen molar-refractivity contribution in [3.63, 3.8) is 0 Å². The second kappa shape index (κ2) is 8.44. The quantitative estimate of drug-likeness (QED) is 0.486. The van der Waals surface area contributed by atoms with Crippen molar-refractivity contribution in [2.45, 2.75) is 123 Å². The van der Waals surface area contributed by atoms with Crippen LogP contribution in [0.25, 0.3) is 0 Å². The Morgan fingerprint density at radius 1 is 1.11 bits per heavy atom. The number of esters is 1. The Labute approximate surface area is 216 Å². The van der Waals surface area contributed by atoms with Gasteiger partial charge in [0.15, 0.2) is 0 Å². The van der Waals surface area contributed by atoms with Crippen LogP contribution in [0.15, 0.2) is 11.8 Å². The molecule has 0 bridgehead atoms. The molecule has 3 N–H and O–H groups in total. The Bertz CT molecular complexity index is 924. The molecule has 0 aromatic carbocycles. The van der Waals surface area contributed by atoms with E-state index in [0.717, 1.165) is 32.1 Å². The lowest BCUT2D eigenvalue weighted by Gasteiger charge is -2.62. The Morgan fingerprint density at radius 2 is 1.81 bits per heavy atom. The summed E-state index contributed by atoms with van der Waals surface area (Å²) in [6, 6.07) is 0. The van der Waals surface area contributed by atoms with Gasteiger partial charge < -0.3 is 24.8 Å². The highest BCUT2D eigenvalue weighted by Gasteiger charge is 2.69. The topological polar surface area (TPSA) is 96.2 Å². The number of aliphatic hydroxyl groups excluding tert-OH is 2. The second-order valence-electron chi connectivity index (χ2n) is 14.3. The van der Waals surface area contributed by atoms with Gasteiger partial charge in [0.25, 0.3) is 0 Å². The smallest absolute Gasteiger partial charge is 0.302 e. The van der Waals surface area contributed by atoms with E-state index >= 15 is 0 Å². The monoisotopic (exact) mass is 504 g/mol. The Balaban J connectivity index is 1.53. The maximum atomic E-state index is 12.3. The lowest BCUT2D eigenvalue weighted by Crippen LogP contribution is -2.60. The fourth-order valence-corrected chi connectivity index (χ4v) is 9.95. The van der Waals surface area contributed by atoms with Crippen LogP contribution in [0.3, 0.4) is 0 Å². The maximum Gasteiger partial charge on any atom is 0.302 e. The van der Waals surface area contributed by atoms with E-state index in [1.807, 2.05) is 26.8 Å². The molecule has 0 radical (unpaired) electrons. The fraction of sp³-hybridized carbons (Fsp3) is 0.900. The van der Waals surface area contributed by atoms with Crippen molar-refractivity contribution in [1.82, 2.24) is 0 Å². The molecular formula is C30H48O6. The molecule has 4 fully saturated rings. The second-order valence-corrected chi connectivity index (χ2v) is 14.3. The van der Waals surface area contributed by atoms with E-state index in [4.69, 9.17) is 9.47 Å². The molecule has 4 saturated carbocycles. The van der Waals surface area contributed by atoms with Crippen LogP contribution in [0.1, 0.15) is 93.4 Å². The van der Waals surface area contributed by atoms with Crippen molar-refractivity contribution in [3.8, 4) is 0 Å². The van der Waals surface area contributed by atoms with Gasteiger partial charge in [0.05, 0.1) is 12.2 Å². The Kier molecular flexibility index (Phi) is 6.21. The number of hydrogen-bond donors (Lipinski definition) is 3. The standard InChI is InChI=1S/C30H48O6/c1-16-12-24(36-27(16,3)4)30(7,34)26-23(35-17(2)31)14-21-20-9-8-18-13-19(32)10-11-28(18,5)25(20)22(33)15-29(21,26)6/h12,16,18-23,25-26,32-34H,8-11,13-15H2,1-7H3. The van der Waals surface area contributed by atoms with Crippen LogP contribution in [0.2, 0.25) is 0 Å². The summed E-state index contributed by atoms with van der Waals surface area (Å²) in [5.74, 6) is 1.17. The van der Waals surface area contributed by atoms with E-state index in [0.29, 0.717) is 30.4 Å². The van der Waals surface area contributed by atoms with E-state index in [1.54, 1.807) is 0 Å². The highest BCUT2D eigenvalue weighted by molar-refractivity contribution is 5.66. The summed E-state index contributed by atoms with van der Waals surface area (Å²) in [7, 11) is 0. The molecule has 204 valence electrons. The molecule has 0 aromatic rings. The number of rotatable bonds is 3. The number of fused-ring (bicyclic) bond motifs is 5. The number of carbonyl (C=O) groups is 1. The van der Waals surface area contributed by atoms with E-state index in [-0.39, 0.29) is 41.2 Å². The molecule has 5 rings (SSSR count). The van der Waals surface area contributed by atoms with Gasteiger partial charge >= 0.3 is 5.97 Å². The molecule has 1 heterocycles. The van der Waals surface area contributed by atoms with E-state index in [9.17, 15) is 20.1 Å². The highest BCUT2D eigenvalue weighted by atomic mass is 16.5. The van der Waals surface area contributed by atoms with Crippen LogP contribution >= 0.6 is 0 Å². The summed E-state index contributed by atoms with van der Waals surface area (Å²) in [4.78, 5) is 12.3. The minimum Gasteiger partial charge on any atom is -0.489 e. The highest BCUT2D eigenvalue weighted by Crippen LogP contribution is 2.69. The largest absolute Gasteiger partial charge is 0.489 e. The van der Waals surface area contributed by atoms with E-state index in [2.05, 4.69) is 20.8 Å². The normalized spacial score (nSPS) is 51.2. The third kappa shape index (κ3) is 3.79. The first kappa shape index (κ1) is 26.5. The zero-order chi connectivity index (χ0) is 26.4. The van der Waals surface area contributed by atoms with Gasteiger partial charge in [0.2, 0.25) is 0 Å². The minimum atomic E-state index is -1.33. The number of carbonyl (C=O) groups excluding carboxylic acids is 1. The number of hydrogen-bond acceptors (Lipinski definition) is 6. The van der Waals surface area contributed by atoms with Crippen molar-refractivity contribution in [3.05, 3.63) is 11.8 Å². The summed E-state index contributed by atoms with van der Waals surface area (Å²) >= 11 is 0. The van der Waals surface area contributed by atoms with Gasteiger partial charge in [-0.3, -0.25) is 4.79 Å². The van der Waals surface area contributed by atoms with Crippen molar-refractivity contribution >= 4 is 5.97 Å². The van der Waals surface area contributed by atoms with Crippen molar-refractivity contribution in [1.29, 1.82) is 0 Å². The first-order valence-electron chi connectivity index (χ1n) is 14.3. The van der Waals surface area contributed by atoms with Crippen molar-refractivity contribution in [2.75, 3.05) is 0 Å². The molecule has 4 aliphatic carbocycles. The summed E-state index contributed by atoms with van der Waals surface area (Å²) in [6.07, 6.45) is 6.84. The molecule has 6 nitrogen and oxygen atoms in total. The van der Waals surface area contributed by atoms with Crippen molar-refractivity contribution in [2.24, 2.45) is 46.3 Å². The van der Waals surface area contributed by atoms with Crippen LogP contribution in [-0.2, 0) is 14.3 Å². The molecular weight excluding hydrogens is 456 g/mol. The lowest BCUT2D eigenvalue weighted by atomic mass is 9.43. The first-order valence-corrected chi connectivity index (χ1v) is 14.3. The molecule has 6 heteroatoms. The average molecular weight is 505 g/mol. The predicted molar refractivity (Wildman–Crippen MR) is 137 cm³/mol. The SMILES string of the molecule is CC(=O)OC1CC2C3CCC4CC(O)CCC4(C)C3C(O)CC2(C)C1C(C)(O)C1=CC(C)C(C)(C)O1. The molecule has 0 spiro atoms. The zero-order valence-electron chi connectivity index (χ0n) is 23.3. The minimum absolute atomic E-state index is 0.0109. The van der Waals surface area contributed by atoms with Gasteiger partial charge in [-0.05, 0) is 106 Å². The molecule has 12 atom stereocenters. The van der Waals surface area contributed by atoms with Gasteiger partial charge in [-0.25, -0.2) is 0 Å². The molecule has 5 aliphatic rings. The fourth-order valence-electron chi connectivity index (χ4n) is 9.95. The number of aliphatic hydroxyl groups is 3. The summed E-state index contributed by atoms with van der Waals surface area (Å²) < 4.78 is 12.3. The first-order chi connectivity index (χ1) is 16.6. The maximum absolute atomic E-state index is 12.3. The van der Waals surface area contributed by atoms with Crippen LogP contribution in [0.5, 0.6) is 0 Å². The Morgan fingerprint density at radius 3 is 2.42 bits per heavy atom. The molecule has 36 heavy (non-hydrogen) atoms. The number of ether oxygens (including phenoxy) is 2. The molecule has 12 unspecified atom stereocenters. The Hall–Kier alpha value is -1.11. The van der Waals surface area contributed by atoms with Gasteiger partial charge in [0, 0.05) is 18.8 Å². The van der Waals surface area contributed by atoms with E-state index in [1.165, 1.54) is 6.92 Å². The van der Waals surface area contributed by atoms with Crippen LogP contribution in [-0.4, -0.2) is 50.8 Å². The van der Waals surface area contributed by atoms with Gasteiger partial charge in [-0.1, -0.05) is 20.8 Å². The van der Waals surface area contributed by atoms with Gasteiger partial charge in [-0.15, -0.1) is 0 Å².